The van der Waals surface area contributed by atoms with Crippen LogP contribution in [0.4, 0.5) is 47.1 Å². The fourth-order valence-corrected chi connectivity index (χ4v) is 27.0. The maximum atomic E-state index is 12.8. The van der Waals surface area contributed by atoms with Crippen LogP contribution in [0.15, 0.2) is 141 Å². The Morgan fingerprint density at radius 3 is 1.19 bits per heavy atom. The second kappa shape index (κ2) is 44.7. The van der Waals surface area contributed by atoms with Crippen molar-refractivity contribution in [3.05, 3.63) is 167 Å². The van der Waals surface area contributed by atoms with E-state index in [0.29, 0.717) is 148 Å². The topological polar surface area (TPSA) is 415 Å². The van der Waals surface area contributed by atoms with Gasteiger partial charge in [0.05, 0.1) is 96.3 Å². The molecular formula is C102H133N25O11S4. The number of fused-ring (bicyclic) bond motifs is 5. The van der Waals surface area contributed by atoms with Crippen LogP contribution in [0.25, 0.3) is 11.2 Å². The summed E-state index contributed by atoms with van der Waals surface area (Å²) >= 11 is 0. The molecule has 0 bridgehead atoms. The van der Waals surface area contributed by atoms with Crippen LogP contribution >= 0.6 is 0 Å². The van der Waals surface area contributed by atoms with Crippen LogP contribution in [0.3, 0.4) is 0 Å². The predicted molar refractivity (Wildman–Crippen MR) is 552 cm³/mol. The molecule has 142 heavy (non-hydrogen) atoms. The van der Waals surface area contributed by atoms with E-state index in [1.54, 1.807) is 34.9 Å². The van der Waals surface area contributed by atoms with Crippen LogP contribution in [0.2, 0.25) is 0 Å². The number of carbonyl (C=O) groups excluding carboxylic acids is 5. The Hall–Kier alpha value is -11.6. The van der Waals surface area contributed by atoms with E-state index in [1.807, 2.05) is 70.5 Å². The molecule has 0 spiro atoms. The summed E-state index contributed by atoms with van der Waals surface area (Å²) in [7, 11) is 6.58. The van der Waals surface area contributed by atoms with Crippen LogP contribution in [-0.2, 0) is 119 Å². The molecule has 8 fully saturated rings. The minimum atomic E-state index is -1.12. The van der Waals surface area contributed by atoms with E-state index in [9.17, 15) is 40.8 Å². The van der Waals surface area contributed by atoms with Gasteiger partial charge in [0.1, 0.15) is 48.7 Å². The van der Waals surface area contributed by atoms with Crippen molar-refractivity contribution in [1.82, 2.24) is 85.1 Å². The quantitative estimate of drug-likeness (QED) is 0.0279. The van der Waals surface area contributed by atoms with Crippen molar-refractivity contribution in [2.24, 2.45) is 0 Å². The van der Waals surface area contributed by atoms with Crippen molar-refractivity contribution in [1.29, 1.82) is 0 Å². The standard InChI is InChI=1S/C28H39N7O3S.C26H34N6O3S.C26H33N5O3S.C22H27N7O2S/c1-33(2)18-23(36)29-19-28(20-7-5-4-6-8-20)12-14-35(15-13-28)27-31-22-11-16-39(38)25(22)26(32-27)30-21-9-10-24(37)34(3)17-21;1-18(33)27-17-26(19-6-4-3-5-7-19)11-13-32(14-12-26)25-29-21-10-15-36(35)23(21)24(30-25)28-20-8-9-22(34)31(2)16-20;1-18(34-3)26(19-7-5-4-6-8-19)12-14-31(15-13-26)25-28-21-11-16-35(33)23(21)24(29-25)27-20-9-10-22(32)30(2)17-20;30-32-13-7-16-18(32)21(24-15-5-11-31-12-6-15)28-22(26-16)29-9-3-14(4-10-29)19-25-17-2-1-8-23-20(17)27-19/h4-8,21H,9-19H2,1-3H3,(H,29,36)(H,30,31,32);3-7,20H,8-17H2,1-2H3,(H,27,33)(H,28,29,30);4-8,20H,1,9-17H2,2-3H3,(H,27,28,29);1-2,8,14-15H,3-7,9-13H2,(H,23,25,27)(H,24,26,28)/t21-,39?;20-,36?;20-,35?;/m000./s1. The minimum absolute atomic E-state index is 0.0199. The Balaban J connectivity index is 0.000000125. The number of allylic oxidation sites excluding steroid dienone is 1. The molecule has 12 aliphatic rings. The number of ether oxygens (including phenoxy) is 2. The van der Waals surface area contributed by atoms with E-state index in [1.165, 1.54) is 16.7 Å². The van der Waals surface area contributed by atoms with Gasteiger partial charge in [0.15, 0.2) is 5.65 Å². The molecule has 6 aromatic heterocycles. The first-order chi connectivity index (χ1) is 68.7. The van der Waals surface area contributed by atoms with Crippen molar-refractivity contribution in [2.75, 3.05) is 211 Å². The van der Waals surface area contributed by atoms with Crippen molar-refractivity contribution in [3.8, 4) is 0 Å². The Morgan fingerprint density at radius 1 is 0.458 bits per heavy atom. The van der Waals surface area contributed by atoms with Crippen LogP contribution < -0.4 is 51.5 Å². The highest BCUT2D eigenvalue weighted by Crippen LogP contribution is 2.46. The Morgan fingerprint density at radius 2 is 0.824 bits per heavy atom. The first-order valence-electron chi connectivity index (χ1n) is 50.1. The van der Waals surface area contributed by atoms with Gasteiger partial charge >= 0.3 is 0 Å². The number of aromatic amines is 1. The number of imidazole rings is 1. The number of rotatable bonds is 24. The van der Waals surface area contributed by atoms with Crippen molar-refractivity contribution < 1.29 is 50.3 Å². The summed E-state index contributed by atoms with van der Waals surface area (Å²) < 4.78 is 62.2. The molecule has 5 amide bonds. The number of anilines is 8. The van der Waals surface area contributed by atoms with Gasteiger partial charge < -0.3 is 85.6 Å². The lowest BCUT2D eigenvalue weighted by molar-refractivity contribution is -0.132. The zero-order chi connectivity index (χ0) is 98.9. The largest absolute Gasteiger partial charge is 0.501 e. The summed E-state index contributed by atoms with van der Waals surface area (Å²) in [4.78, 5) is 130. The zero-order valence-corrected chi connectivity index (χ0v) is 85.7. The first-order valence-corrected chi connectivity index (χ1v) is 55.4. The molecule has 9 aromatic rings. The molecule has 18 heterocycles. The molecule has 7 atom stereocenters. The van der Waals surface area contributed by atoms with Gasteiger partial charge in [-0.2, -0.15) is 19.9 Å². The third-order valence-corrected chi connectivity index (χ3v) is 36.0. The number of carbonyl (C=O) groups is 5. The number of benzene rings is 3. The highest BCUT2D eigenvalue weighted by Gasteiger charge is 2.45. The van der Waals surface area contributed by atoms with Crippen molar-refractivity contribution in [3.63, 3.8) is 0 Å². The molecule has 756 valence electrons. The Bertz CT molecular complexity index is 6140. The molecular weight excluding hydrogens is 1880 g/mol. The lowest BCUT2D eigenvalue weighted by Crippen LogP contribution is -2.50. The summed E-state index contributed by atoms with van der Waals surface area (Å²) in [5, 5.41) is 20.3. The molecule has 3 aromatic carbocycles. The lowest BCUT2D eigenvalue weighted by Gasteiger charge is -2.42. The average molecular weight is 2010 g/mol. The number of hydrogen-bond donors (Lipinski definition) is 7. The van der Waals surface area contributed by atoms with Gasteiger partial charge in [-0.25, -0.2) is 29.9 Å². The van der Waals surface area contributed by atoms with E-state index >= 15 is 0 Å². The van der Waals surface area contributed by atoms with Gasteiger partial charge in [0.2, 0.25) is 53.3 Å². The summed E-state index contributed by atoms with van der Waals surface area (Å²) in [6, 6.07) is 35.8. The molecule has 0 saturated carbocycles. The number of piperidine rings is 7. The second-order valence-corrected chi connectivity index (χ2v) is 45.8. The van der Waals surface area contributed by atoms with Crippen LogP contribution in [0.5, 0.6) is 0 Å². The molecule has 0 aliphatic carbocycles. The van der Waals surface area contributed by atoms with E-state index < -0.39 is 43.2 Å². The summed E-state index contributed by atoms with van der Waals surface area (Å²) in [5.74, 6) is 10.5. The highest BCUT2D eigenvalue weighted by molar-refractivity contribution is 7.86. The maximum absolute atomic E-state index is 12.8. The molecule has 36 nitrogen and oxygen atoms in total. The highest BCUT2D eigenvalue weighted by atomic mass is 32.2. The van der Waals surface area contributed by atoms with Crippen molar-refractivity contribution >= 4 is 131 Å². The SMILES string of the molecule is C=C(OC)C1(c2ccccc2)CCN(c2nc3c(c(N[C@H]4CCC(=O)N(C)C4)n2)S(=O)CC3)CC1.CC(=O)NCC1(c2ccccc2)CCN(c2nc3c(c(N[C@H]4CCC(=O)N(C)C4)n2)S(=O)CC3)CC1.CN(C)CC(=O)NCC1(c2ccccc2)CCN(c2nc3c(c(N[C@H]4CCC(=O)N(C)C4)n2)S(=O)CC3)CC1.O=S1CCc2nc(N3CCC(c4nc5ncccc5[nH]4)CC3)nc(NC3CCOCC3)c21. The van der Waals surface area contributed by atoms with E-state index in [0.717, 1.165) is 232 Å². The molecule has 7 N–H and O–H groups in total. The number of amides is 5. The van der Waals surface area contributed by atoms with Gasteiger partial charge in [-0.1, -0.05) is 97.6 Å². The van der Waals surface area contributed by atoms with Crippen LogP contribution in [0.1, 0.15) is 161 Å². The molecule has 8 saturated heterocycles. The molecule has 0 radical (unpaired) electrons. The number of H-pyrrole nitrogens is 1. The summed E-state index contributed by atoms with van der Waals surface area (Å²) in [6.07, 6.45) is 17.2. The third-order valence-electron chi connectivity index (χ3n) is 30.2. The Labute approximate surface area is 840 Å². The number of nitrogens with zero attached hydrogens (tertiary/aromatic N) is 18. The molecule has 12 aliphatic heterocycles. The maximum Gasteiger partial charge on any atom is 0.234 e. The zero-order valence-electron chi connectivity index (χ0n) is 82.4. The third kappa shape index (κ3) is 22.8. The normalized spacial score (nSPS) is 23.0. The van der Waals surface area contributed by atoms with E-state index in [4.69, 9.17) is 54.3 Å². The minimum Gasteiger partial charge on any atom is -0.501 e. The number of likely N-dealkylation sites (tertiary alicyclic amines) is 3. The monoisotopic (exact) mass is 2010 g/mol. The number of nitrogens with one attached hydrogen (secondary N) is 7. The fraction of sp³-hybridized carbons (Fsp3) is 0.539. The van der Waals surface area contributed by atoms with Gasteiger partial charge in [-0.15, -0.1) is 0 Å². The predicted octanol–water partition coefficient (Wildman–Crippen LogP) is 8.49. The van der Waals surface area contributed by atoms with Crippen molar-refractivity contribution in [2.45, 2.75) is 201 Å². The van der Waals surface area contributed by atoms with Gasteiger partial charge in [-0.3, -0.25) is 40.8 Å². The molecule has 21 rings (SSSR count). The number of aromatic nitrogens is 11. The van der Waals surface area contributed by atoms with Gasteiger partial charge in [0, 0.05) is 241 Å². The first kappa shape index (κ1) is 101. The summed E-state index contributed by atoms with van der Waals surface area (Å²) in [6.45, 7) is 17.0. The van der Waals surface area contributed by atoms with E-state index in [2.05, 4.69) is 141 Å². The molecule has 40 heteroatoms. The smallest absolute Gasteiger partial charge is 0.234 e. The number of pyridine rings is 1. The van der Waals surface area contributed by atoms with Gasteiger partial charge in [0.25, 0.3) is 0 Å². The van der Waals surface area contributed by atoms with Crippen LogP contribution in [-0.4, -0.2) is 315 Å². The second-order valence-electron chi connectivity index (χ2n) is 39.8. The number of methoxy groups -OCH3 is 1. The van der Waals surface area contributed by atoms with Gasteiger partial charge in [-0.05, 0) is 126 Å². The fourth-order valence-electron chi connectivity index (χ4n) is 21.8. The van der Waals surface area contributed by atoms with Crippen LogP contribution in [0, 0.1) is 0 Å². The molecule has 4 unspecified atom stereocenters. The van der Waals surface area contributed by atoms with E-state index in [-0.39, 0.29) is 63.9 Å². The number of likely N-dealkylation sites (N-methyl/N-ethyl adjacent to an activating group) is 4. The number of aryl methyl sites for hydroxylation is 4. The number of hydrogen-bond acceptors (Lipinski definition) is 30. The average Bonchev–Trinajstić information content (AvgIpc) is 1.31. The lowest BCUT2D eigenvalue weighted by atomic mass is 9.71. The Kier molecular flexibility index (Phi) is 31.7. The summed E-state index contributed by atoms with van der Waals surface area (Å²) in [5.41, 5.74) is 8.44.